The third-order valence-corrected chi connectivity index (χ3v) is 3.36. The highest BCUT2D eigenvalue weighted by Crippen LogP contribution is 2.09. The van der Waals surface area contributed by atoms with Gasteiger partial charge in [0.15, 0.2) is 0 Å². The van der Waals surface area contributed by atoms with Crippen molar-refractivity contribution in [2.24, 2.45) is 0 Å². The van der Waals surface area contributed by atoms with Gasteiger partial charge in [-0.15, -0.1) is 0 Å². The topological polar surface area (TPSA) is 24.1 Å². The van der Waals surface area contributed by atoms with E-state index >= 15 is 0 Å². The van der Waals surface area contributed by atoms with Gasteiger partial charge in [0.25, 0.3) is 0 Å². The standard InChI is InChI=1S/C13H28N2/c1-3-5-8-12(7-4-2)15-11-13-9-6-10-14-13/h12-15H,3-11H2,1-2H3. The first-order valence-corrected chi connectivity index (χ1v) is 6.83. The molecule has 90 valence electrons. The fourth-order valence-electron chi connectivity index (χ4n) is 2.39. The minimum absolute atomic E-state index is 0.742. The third kappa shape index (κ3) is 5.53. The zero-order valence-corrected chi connectivity index (χ0v) is 10.5. The number of unbranched alkanes of at least 4 members (excludes halogenated alkanes) is 1. The Labute approximate surface area is 95.2 Å². The molecule has 0 radical (unpaired) electrons. The van der Waals surface area contributed by atoms with E-state index in [1.165, 1.54) is 58.0 Å². The first-order chi connectivity index (χ1) is 7.36. The SMILES string of the molecule is CCCCC(CCC)NCC1CCCN1. The monoisotopic (exact) mass is 212 g/mol. The summed E-state index contributed by atoms with van der Waals surface area (Å²) in [6.45, 7) is 6.96. The highest BCUT2D eigenvalue weighted by Gasteiger charge is 2.15. The van der Waals surface area contributed by atoms with Crippen LogP contribution in [0, 0.1) is 0 Å². The van der Waals surface area contributed by atoms with Gasteiger partial charge in [-0.25, -0.2) is 0 Å². The van der Waals surface area contributed by atoms with Crippen molar-refractivity contribution in [3.8, 4) is 0 Å². The maximum absolute atomic E-state index is 3.73. The summed E-state index contributed by atoms with van der Waals surface area (Å²) in [5.41, 5.74) is 0. The lowest BCUT2D eigenvalue weighted by molar-refractivity contribution is 0.408. The highest BCUT2D eigenvalue weighted by atomic mass is 15.0. The number of hydrogen-bond acceptors (Lipinski definition) is 2. The van der Waals surface area contributed by atoms with E-state index in [1.807, 2.05) is 0 Å². The quantitative estimate of drug-likeness (QED) is 0.646. The zero-order chi connectivity index (χ0) is 10.9. The second kappa shape index (κ2) is 8.12. The van der Waals surface area contributed by atoms with E-state index in [-0.39, 0.29) is 0 Å². The Kier molecular flexibility index (Phi) is 7.03. The van der Waals surface area contributed by atoms with Crippen LogP contribution in [0.15, 0.2) is 0 Å². The van der Waals surface area contributed by atoms with Gasteiger partial charge in [-0.05, 0) is 32.2 Å². The molecular formula is C13H28N2. The van der Waals surface area contributed by atoms with Crippen LogP contribution >= 0.6 is 0 Å². The maximum Gasteiger partial charge on any atom is 0.0193 e. The summed E-state index contributed by atoms with van der Waals surface area (Å²) >= 11 is 0. The summed E-state index contributed by atoms with van der Waals surface area (Å²) in [7, 11) is 0. The molecule has 1 aliphatic heterocycles. The fourth-order valence-corrected chi connectivity index (χ4v) is 2.39. The Morgan fingerprint density at radius 1 is 1.27 bits per heavy atom. The van der Waals surface area contributed by atoms with Gasteiger partial charge >= 0.3 is 0 Å². The molecule has 2 unspecified atom stereocenters. The Balaban J connectivity index is 2.11. The lowest BCUT2D eigenvalue weighted by Crippen LogP contribution is -2.39. The van der Waals surface area contributed by atoms with Crippen molar-refractivity contribution in [1.29, 1.82) is 0 Å². The molecule has 2 nitrogen and oxygen atoms in total. The summed E-state index contributed by atoms with van der Waals surface area (Å²) in [6.07, 6.45) is 9.42. The lowest BCUT2D eigenvalue weighted by Gasteiger charge is -2.20. The molecule has 1 aliphatic rings. The molecule has 1 fully saturated rings. The largest absolute Gasteiger partial charge is 0.313 e. The minimum atomic E-state index is 0.742. The molecule has 0 aromatic heterocycles. The van der Waals surface area contributed by atoms with E-state index in [0.717, 1.165) is 12.1 Å². The zero-order valence-electron chi connectivity index (χ0n) is 10.5. The fraction of sp³-hybridized carbons (Fsp3) is 1.00. The molecule has 0 bridgehead atoms. The number of hydrogen-bond donors (Lipinski definition) is 2. The molecular weight excluding hydrogens is 184 g/mol. The van der Waals surface area contributed by atoms with Crippen molar-refractivity contribution in [2.45, 2.75) is 70.9 Å². The van der Waals surface area contributed by atoms with Crippen LogP contribution < -0.4 is 10.6 Å². The molecule has 0 amide bonds. The van der Waals surface area contributed by atoms with E-state index in [2.05, 4.69) is 24.5 Å². The Morgan fingerprint density at radius 2 is 2.13 bits per heavy atom. The van der Waals surface area contributed by atoms with E-state index in [9.17, 15) is 0 Å². The van der Waals surface area contributed by atoms with Gasteiger partial charge in [-0.2, -0.15) is 0 Å². The molecule has 0 aliphatic carbocycles. The predicted octanol–water partition coefficient (Wildman–Crippen LogP) is 2.69. The molecule has 15 heavy (non-hydrogen) atoms. The summed E-state index contributed by atoms with van der Waals surface area (Å²) < 4.78 is 0. The molecule has 0 aromatic rings. The van der Waals surface area contributed by atoms with Gasteiger partial charge in [-0.1, -0.05) is 33.1 Å². The van der Waals surface area contributed by atoms with Crippen molar-refractivity contribution in [2.75, 3.05) is 13.1 Å². The van der Waals surface area contributed by atoms with Crippen molar-refractivity contribution < 1.29 is 0 Å². The van der Waals surface area contributed by atoms with Crippen LogP contribution in [0.1, 0.15) is 58.8 Å². The molecule has 2 N–H and O–H groups in total. The predicted molar refractivity (Wildman–Crippen MR) is 67.2 cm³/mol. The van der Waals surface area contributed by atoms with Crippen molar-refractivity contribution in [1.82, 2.24) is 10.6 Å². The molecule has 0 aromatic carbocycles. The molecule has 1 rings (SSSR count). The molecule has 0 spiro atoms. The summed E-state index contributed by atoms with van der Waals surface area (Å²) in [5, 5.41) is 7.28. The Morgan fingerprint density at radius 3 is 2.73 bits per heavy atom. The molecule has 2 atom stereocenters. The molecule has 1 heterocycles. The van der Waals surface area contributed by atoms with Crippen molar-refractivity contribution in [3.63, 3.8) is 0 Å². The first kappa shape index (κ1) is 13.0. The maximum atomic E-state index is 3.73. The van der Waals surface area contributed by atoms with E-state index < -0.39 is 0 Å². The van der Waals surface area contributed by atoms with Crippen LogP contribution in [0.3, 0.4) is 0 Å². The average molecular weight is 212 g/mol. The smallest absolute Gasteiger partial charge is 0.0193 e. The first-order valence-electron chi connectivity index (χ1n) is 6.83. The Bertz CT molecular complexity index is 141. The van der Waals surface area contributed by atoms with Gasteiger partial charge < -0.3 is 10.6 Å². The summed E-state index contributed by atoms with van der Waals surface area (Å²) in [4.78, 5) is 0. The van der Waals surface area contributed by atoms with Gasteiger partial charge in [0.2, 0.25) is 0 Å². The van der Waals surface area contributed by atoms with Crippen LogP contribution in [0.5, 0.6) is 0 Å². The summed E-state index contributed by atoms with van der Waals surface area (Å²) in [5.74, 6) is 0. The van der Waals surface area contributed by atoms with Gasteiger partial charge in [-0.3, -0.25) is 0 Å². The number of rotatable bonds is 8. The van der Waals surface area contributed by atoms with Crippen LogP contribution in [0.25, 0.3) is 0 Å². The van der Waals surface area contributed by atoms with E-state index in [4.69, 9.17) is 0 Å². The second-order valence-electron chi connectivity index (χ2n) is 4.83. The normalized spacial score (nSPS) is 23.2. The van der Waals surface area contributed by atoms with Crippen LogP contribution in [0.4, 0.5) is 0 Å². The lowest BCUT2D eigenvalue weighted by atomic mass is 10.0. The van der Waals surface area contributed by atoms with E-state index in [0.29, 0.717) is 0 Å². The second-order valence-corrected chi connectivity index (χ2v) is 4.83. The van der Waals surface area contributed by atoms with Gasteiger partial charge in [0.1, 0.15) is 0 Å². The van der Waals surface area contributed by atoms with Crippen molar-refractivity contribution in [3.05, 3.63) is 0 Å². The van der Waals surface area contributed by atoms with E-state index in [1.54, 1.807) is 0 Å². The summed E-state index contributed by atoms with van der Waals surface area (Å²) in [6, 6.07) is 1.50. The van der Waals surface area contributed by atoms with Gasteiger partial charge in [0.05, 0.1) is 0 Å². The third-order valence-electron chi connectivity index (χ3n) is 3.36. The van der Waals surface area contributed by atoms with Gasteiger partial charge in [0, 0.05) is 18.6 Å². The minimum Gasteiger partial charge on any atom is -0.313 e. The molecule has 2 heteroatoms. The Hall–Kier alpha value is -0.0800. The van der Waals surface area contributed by atoms with Crippen LogP contribution in [0.2, 0.25) is 0 Å². The number of nitrogens with one attached hydrogen (secondary N) is 2. The van der Waals surface area contributed by atoms with Crippen LogP contribution in [-0.2, 0) is 0 Å². The van der Waals surface area contributed by atoms with Crippen LogP contribution in [-0.4, -0.2) is 25.2 Å². The average Bonchev–Trinajstić information content (AvgIpc) is 2.75. The van der Waals surface area contributed by atoms with Crippen molar-refractivity contribution >= 4 is 0 Å². The molecule has 0 saturated carbocycles. The molecule has 1 saturated heterocycles. The highest BCUT2D eigenvalue weighted by molar-refractivity contribution is 4.78.